The molecule has 20 heteroatoms. The summed E-state index contributed by atoms with van der Waals surface area (Å²) in [5.41, 5.74) is 30.6. The molecule has 10 atom stereocenters. The van der Waals surface area contributed by atoms with Gasteiger partial charge in [-0.25, -0.2) is 0 Å². The molecule has 20 nitrogen and oxygen atoms in total. The number of hydrogen-bond acceptors (Lipinski definition) is 15. The minimum atomic E-state index is -1.16. The maximum Gasteiger partial charge on any atom is 0.226 e. The van der Waals surface area contributed by atoms with Crippen molar-refractivity contribution in [3.05, 3.63) is 35.9 Å². The molecule has 5 amide bonds. The van der Waals surface area contributed by atoms with Crippen LogP contribution in [0.25, 0.3) is 0 Å². The number of primary amides is 1. The van der Waals surface area contributed by atoms with E-state index in [2.05, 4.69) is 22.9 Å². The van der Waals surface area contributed by atoms with Crippen LogP contribution in [-0.2, 0) is 54.4 Å². The van der Waals surface area contributed by atoms with Crippen molar-refractivity contribution in [2.24, 2.45) is 81.9 Å². The second-order valence-electron chi connectivity index (χ2n) is 25.1. The maximum atomic E-state index is 14.7. The highest BCUT2D eigenvalue weighted by Crippen LogP contribution is 2.29. The molecule has 482 valence electrons. The number of Topliss-reactive ketones (excluding diaryl/α,β-unsaturated/α-hetero) is 5. The molecule has 2 rings (SSSR count). The first kappa shape index (κ1) is 75.8. The molecule has 0 heterocycles. The average molecular weight is 1190 g/mol. The fraction of sp³-hybridized carbons (Fsp3) is 0.754. The molecule has 0 spiro atoms. The zero-order chi connectivity index (χ0) is 63.6. The molecule has 0 aliphatic heterocycles. The first-order valence-corrected chi connectivity index (χ1v) is 32.1. The molecule has 1 aromatic rings. The summed E-state index contributed by atoms with van der Waals surface area (Å²) >= 11 is 0. The Morgan fingerprint density at radius 1 is 0.624 bits per heavy atom. The number of nitrogens with zero attached hydrogens (tertiary/aromatic N) is 1. The molecular weight excluding hydrogens is 1080 g/mol. The summed E-state index contributed by atoms with van der Waals surface area (Å²) < 4.78 is 0. The van der Waals surface area contributed by atoms with Crippen molar-refractivity contribution in [3.8, 4) is 0 Å². The van der Waals surface area contributed by atoms with Gasteiger partial charge in [-0.2, -0.15) is 0 Å². The number of rotatable bonds is 47. The lowest BCUT2D eigenvalue weighted by Crippen LogP contribution is -2.51. The first-order valence-electron chi connectivity index (χ1n) is 32.1. The Bertz CT molecular complexity index is 2220. The van der Waals surface area contributed by atoms with Gasteiger partial charge >= 0.3 is 0 Å². The monoisotopic (exact) mass is 1190 g/mol. The maximum absolute atomic E-state index is 14.7. The molecule has 85 heavy (non-hydrogen) atoms. The van der Waals surface area contributed by atoms with Crippen LogP contribution in [0.2, 0.25) is 0 Å². The van der Waals surface area contributed by atoms with E-state index in [1.807, 2.05) is 45.9 Å². The van der Waals surface area contributed by atoms with Gasteiger partial charge in [0.15, 0.2) is 23.1 Å². The third kappa shape index (κ3) is 28.4. The molecule has 14 N–H and O–H groups in total. The minimum absolute atomic E-state index is 0.00271. The summed E-state index contributed by atoms with van der Waals surface area (Å²) in [5, 5.41) is 18.4. The van der Waals surface area contributed by atoms with Gasteiger partial charge in [0.2, 0.25) is 29.5 Å². The topological polar surface area (TPSA) is 360 Å². The number of carbonyl (C=O) groups excluding carboxylic acids is 10. The Balaban J connectivity index is 2.40. The molecule has 0 radical (unpaired) electrons. The van der Waals surface area contributed by atoms with Crippen LogP contribution >= 0.6 is 0 Å². The van der Waals surface area contributed by atoms with E-state index in [-0.39, 0.29) is 120 Å². The second-order valence-corrected chi connectivity index (χ2v) is 25.1. The standard InChI is InChI=1S/C65H111N9O11/c1-8-10-11-12-13-20-31-74(40-51(76)35-50(41-75)61(70)81)65(85)52(43(5)6)39-58(79)54(27-30-68)71-64(84)49(32-42(3)4)38-57(78)55(34-46-23-18-15-19-24-46)72-62(82)48(26-29-67)37-59(80)60(44(7)9-2)73-63(83)47(25-28-66)36-56(77)53(69)33-45-21-16-14-17-22-45/h15,18-19,23-24,42-45,47-50,52-55,60,75H,8-14,16-17,20-22,25-41,66-69H2,1-7H3,(H2,70,81)(H,71,84)(H,72,82)(H,73,83)/t44?,47-,48-,49-,50+,52-,53?,54+,55-,60+/m1/s1. The number of aliphatic hydroxyl groups is 1. The van der Waals surface area contributed by atoms with Gasteiger partial charge in [-0.1, -0.05) is 149 Å². The Morgan fingerprint density at radius 2 is 1.16 bits per heavy atom. The van der Waals surface area contributed by atoms with Gasteiger partial charge in [0, 0.05) is 62.3 Å². The first-order chi connectivity index (χ1) is 40.4. The second kappa shape index (κ2) is 41.8. The van der Waals surface area contributed by atoms with Crippen molar-refractivity contribution in [2.45, 2.75) is 220 Å². The zero-order valence-corrected chi connectivity index (χ0v) is 52.8. The largest absolute Gasteiger partial charge is 0.396 e. The van der Waals surface area contributed by atoms with Crippen LogP contribution in [0.1, 0.15) is 195 Å². The van der Waals surface area contributed by atoms with Crippen LogP contribution in [0.15, 0.2) is 30.3 Å². The van der Waals surface area contributed by atoms with Crippen molar-refractivity contribution >= 4 is 58.5 Å². The number of hydrogen-bond donors (Lipinski definition) is 9. The molecule has 0 aromatic heterocycles. The lowest BCUT2D eigenvalue weighted by atomic mass is 9.83. The van der Waals surface area contributed by atoms with Crippen LogP contribution < -0.4 is 44.6 Å². The Kier molecular flexibility index (Phi) is 37.2. The van der Waals surface area contributed by atoms with E-state index in [4.69, 9.17) is 28.7 Å². The van der Waals surface area contributed by atoms with Crippen molar-refractivity contribution in [2.75, 3.05) is 39.3 Å². The van der Waals surface area contributed by atoms with E-state index in [9.17, 15) is 53.1 Å². The SMILES string of the molecule is CCCCCCCCN(CC(=O)C[C@@H](CO)C(N)=O)C(=O)[C@H](CC(=O)[C@H](CCN)NC(=O)[C@@H](CC(=O)[C@@H](Cc1ccccc1)NC(=O)[C@H](CCN)CC(=O)[C@@H](NC(=O)[C@H](CCN)CC(=O)C(N)CC1CCCCC1)C(C)CC)CC(C)C)C(C)C. The fourth-order valence-electron chi connectivity index (χ4n) is 11.5. The van der Waals surface area contributed by atoms with Crippen LogP contribution in [0.3, 0.4) is 0 Å². The number of nitrogens with one attached hydrogen (secondary N) is 3. The summed E-state index contributed by atoms with van der Waals surface area (Å²) in [6.45, 7) is 12.6. The van der Waals surface area contributed by atoms with Gasteiger partial charge in [0.1, 0.15) is 5.78 Å². The molecule has 1 aliphatic rings. The van der Waals surface area contributed by atoms with Crippen LogP contribution in [0.4, 0.5) is 0 Å². The number of benzene rings is 1. The van der Waals surface area contributed by atoms with Crippen molar-refractivity contribution < 1.29 is 53.1 Å². The number of unbranched alkanes of at least 4 members (excludes halogenated alkanes) is 5. The van der Waals surface area contributed by atoms with E-state index in [1.54, 1.807) is 26.0 Å². The highest BCUT2D eigenvalue weighted by atomic mass is 16.3. The van der Waals surface area contributed by atoms with Crippen LogP contribution in [-0.4, -0.2) is 132 Å². The predicted molar refractivity (Wildman–Crippen MR) is 332 cm³/mol. The minimum Gasteiger partial charge on any atom is -0.396 e. The predicted octanol–water partition coefficient (Wildman–Crippen LogP) is 5.32. The smallest absolute Gasteiger partial charge is 0.226 e. The van der Waals surface area contributed by atoms with E-state index in [1.165, 1.54) is 11.3 Å². The van der Waals surface area contributed by atoms with Crippen LogP contribution in [0, 0.1) is 53.3 Å². The summed E-state index contributed by atoms with van der Waals surface area (Å²) in [6, 6.07) is 5.01. The van der Waals surface area contributed by atoms with Gasteiger partial charge < -0.3 is 54.6 Å². The lowest BCUT2D eigenvalue weighted by molar-refractivity contribution is -0.143. The molecule has 1 fully saturated rings. The number of nitrogens with two attached hydrogens (primary N) is 5. The molecule has 1 saturated carbocycles. The lowest BCUT2D eigenvalue weighted by Gasteiger charge is -2.30. The number of ketones is 5. The molecule has 2 unspecified atom stereocenters. The van der Waals surface area contributed by atoms with Crippen LogP contribution in [0.5, 0.6) is 0 Å². The zero-order valence-electron chi connectivity index (χ0n) is 52.8. The van der Waals surface area contributed by atoms with E-state index >= 15 is 0 Å². The average Bonchev–Trinajstić information content (AvgIpc) is 3.58. The summed E-state index contributed by atoms with van der Waals surface area (Å²) in [4.78, 5) is 141. The normalized spacial score (nSPS) is 16.4. The third-order valence-electron chi connectivity index (χ3n) is 17.1. The fourth-order valence-corrected chi connectivity index (χ4v) is 11.5. The van der Waals surface area contributed by atoms with E-state index in [0.717, 1.165) is 63.4 Å². The number of carbonyl (C=O) groups is 10. The number of aliphatic hydroxyl groups excluding tert-OH is 1. The Labute approximate surface area is 507 Å². The Morgan fingerprint density at radius 3 is 1.72 bits per heavy atom. The van der Waals surface area contributed by atoms with Crippen molar-refractivity contribution in [1.82, 2.24) is 20.9 Å². The van der Waals surface area contributed by atoms with Crippen molar-refractivity contribution in [1.29, 1.82) is 0 Å². The molecule has 0 bridgehead atoms. The highest BCUT2D eigenvalue weighted by Gasteiger charge is 2.38. The van der Waals surface area contributed by atoms with Gasteiger partial charge in [-0.05, 0) is 93.8 Å². The molecule has 1 aliphatic carbocycles. The quantitative estimate of drug-likeness (QED) is 0.0373. The highest BCUT2D eigenvalue weighted by molar-refractivity contribution is 5.98. The molecule has 1 aromatic carbocycles. The third-order valence-corrected chi connectivity index (χ3v) is 17.1. The summed E-state index contributed by atoms with van der Waals surface area (Å²) in [6.07, 6.45) is 11.2. The number of amides is 5. The van der Waals surface area contributed by atoms with E-state index in [0.29, 0.717) is 25.2 Å². The Hall–Kier alpha value is -5.28. The van der Waals surface area contributed by atoms with Gasteiger partial charge in [-0.3, -0.25) is 47.9 Å². The summed E-state index contributed by atoms with van der Waals surface area (Å²) in [5.74, 6) is -10.2. The summed E-state index contributed by atoms with van der Waals surface area (Å²) in [7, 11) is 0. The molecule has 0 saturated heterocycles. The van der Waals surface area contributed by atoms with Gasteiger partial charge in [-0.15, -0.1) is 0 Å². The van der Waals surface area contributed by atoms with Crippen molar-refractivity contribution in [3.63, 3.8) is 0 Å². The molecular formula is C65H111N9O11. The van der Waals surface area contributed by atoms with Gasteiger partial charge in [0.25, 0.3) is 0 Å². The van der Waals surface area contributed by atoms with Gasteiger partial charge in [0.05, 0.1) is 43.2 Å². The van der Waals surface area contributed by atoms with E-state index < -0.39 is 113 Å².